The minimum absolute atomic E-state index is 0.0402. The van der Waals surface area contributed by atoms with Crippen LogP contribution in [0.2, 0.25) is 0 Å². The van der Waals surface area contributed by atoms with Gasteiger partial charge in [0, 0.05) is 51.8 Å². The maximum Gasteiger partial charge on any atom is 0.243 e. The molecule has 0 radical (unpaired) electrons. The number of likely N-dealkylation sites (N-methyl/N-ethyl adjacent to an activating group) is 2. The minimum atomic E-state index is 0.0402. The number of hydrogen-bond acceptors (Lipinski definition) is 4. The summed E-state index contributed by atoms with van der Waals surface area (Å²) in [5.41, 5.74) is 0.289. The number of carbonyl (C=O) groups is 1. The average molecular weight is 366 g/mol. The molecule has 7 heteroatoms. The van der Waals surface area contributed by atoms with Crippen LogP contribution < -0.4 is 5.32 Å². The summed E-state index contributed by atoms with van der Waals surface area (Å²) >= 11 is 0. The molecule has 2 unspecified atom stereocenters. The number of amides is 1. The molecule has 7 nitrogen and oxygen atoms in total. The first-order valence-electron chi connectivity index (χ1n) is 10.1. The largest absolute Gasteiger partial charge is 0.381 e. The van der Waals surface area contributed by atoms with Crippen molar-refractivity contribution < 1.29 is 9.53 Å². The van der Waals surface area contributed by atoms with Gasteiger partial charge in [0.15, 0.2) is 5.96 Å². The van der Waals surface area contributed by atoms with E-state index in [0.29, 0.717) is 6.04 Å². The highest BCUT2D eigenvalue weighted by Crippen LogP contribution is 2.38. The number of guanidine groups is 1. The third-order valence-electron chi connectivity index (χ3n) is 6.19. The molecule has 0 saturated carbocycles. The Labute approximate surface area is 157 Å². The lowest BCUT2D eigenvalue weighted by atomic mass is 9.87. The van der Waals surface area contributed by atoms with E-state index in [-0.39, 0.29) is 17.9 Å². The molecule has 26 heavy (non-hydrogen) atoms. The summed E-state index contributed by atoms with van der Waals surface area (Å²) in [5.74, 6) is 0.936. The van der Waals surface area contributed by atoms with Crippen molar-refractivity contribution in [1.29, 1.82) is 0 Å². The fourth-order valence-corrected chi connectivity index (χ4v) is 4.39. The number of hydrogen-bond donors (Lipinski definition) is 1. The summed E-state index contributed by atoms with van der Waals surface area (Å²) in [6.45, 7) is 9.35. The Morgan fingerprint density at radius 2 is 2.19 bits per heavy atom. The van der Waals surface area contributed by atoms with Crippen molar-refractivity contribution in [2.24, 2.45) is 10.4 Å². The van der Waals surface area contributed by atoms with E-state index in [2.05, 4.69) is 27.0 Å². The van der Waals surface area contributed by atoms with E-state index < -0.39 is 0 Å². The highest BCUT2D eigenvalue weighted by Gasteiger charge is 2.42. The Kier molecular flexibility index (Phi) is 6.40. The second kappa shape index (κ2) is 8.57. The van der Waals surface area contributed by atoms with Gasteiger partial charge >= 0.3 is 0 Å². The molecule has 3 aliphatic rings. The molecule has 0 aromatic carbocycles. The molecule has 1 spiro atoms. The van der Waals surface area contributed by atoms with Gasteiger partial charge in [-0.25, -0.2) is 4.99 Å². The molecule has 3 saturated heterocycles. The Morgan fingerprint density at radius 3 is 2.88 bits per heavy atom. The van der Waals surface area contributed by atoms with Crippen LogP contribution in [-0.2, 0) is 9.53 Å². The van der Waals surface area contributed by atoms with E-state index in [1.807, 2.05) is 0 Å². The molecule has 3 fully saturated rings. The van der Waals surface area contributed by atoms with Crippen molar-refractivity contribution in [3.05, 3.63) is 0 Å². The molecule has 0 aliphatic carbocycles. The smallest absolute Gasteiger partial charge is 0.243 e. The van der Waals surface area contributed by atoms with Gasteiger partial charge in [-0.3, -0.25) is 9.69 Å². The van der Waals surface area contributed by atoms with E-state index in [9.17, 15) is 4.79 Å². The summed E-state index contributed by atoms with van der Waals surface area (Å²) in [4.78, 5) is 23.2. The van der Waals surface area contributed by atoms with Crippen LogP contribution >= 0.6 is 0 Å². The van der Waals surface area contributed by atoms with Gasteiger partial charge in [-0.2, -0.15) is 0 Å². The highest BCUT2D eigenvalue weighted by molar-refractivity contribution is 5.85. The van der Waals surface area contributed by atoms with Crippen LogP contribution in [0.1, 0.15) is 32.6 Å². The van der Waals surface area contributed by atoms with Crippen LogP contribution in [0.15, 0.2) is 4.99 Å². The summed E-state index contributed by atoms with van der Waals surface area (Å²) in [6.07, 6.45) is 4.80. The highest BCUT2D eigenvalue weighted by atomic mass is 16.5. The van der Waals surface area contributed by atoms with E-state index in [1.54, 1.807) is 19.0 Å². The molecular weight excluding hydrogens is 330 g/mol. The molecular formula is C19H35N5O2. The molecule has 3 aliphatic heterocycles. The number of carbonyl (C=O) groups excluding carboxylic acids is 1. The van der Waals surface area contributed by atoms with Crippen LogP contribution in [-0.4, -0.2) is 99.2 Å². The van der Waals surface area contributed by atoms with Gasteiger partial charge in [-0.05, 0) is 38.8 Å². The second-order valence-corrected chi connectivity index (χ2v) is 8.21. The number of nitrogens with zero attached hydrogens (tertiary/aromatic N) is 4. The van der Waals surface area contributed by atoms with Crippen molar-refractivity contribution in [2.75, 3.05) is 66.6 Å². The van der Waals surface area contributed by atoms with Crippen molar-refractivity contribution in [3.63, 3.8) is 0 Å². The van der Waals surface area contributed by atoms with Crippen molar-refractivity contribution in [3.8, 4) is 0 Å². The molecule has 0 aromatic rings. The maximum absolute atomic E-state index is 12.0. The van der Waals surface area contributed by atoms with Gasteiger partial charge in [-0.1, -0.05) is 6.92 Å². The van der Waals surface area contributed by atoms with Crippen LogP contribution in [0, 0.1) is 5.41 Å². The quantitative estimate of drug-likeness (QED) is 0.572. The predicted molar refractivity (Wildman–Crippen MR) is 103 cm³/mol. The number of nitrogens with one attached hydrogen (secondary N) is 1. The SMILES string of the molecule is CCN1CCCC1CNC(=NCC(=O)N(C)C)N1CCC2(CCOC2)C1. The van der Waals surface area contributed by atoms with Gasteiger partial charge in [-0.15, -0.1) is 0 Å². The molecule has 0 aromatic heterocycles. The first kappa shape index (κ1) is 19.4. The maximum atomic E-state index is 12.0. The number of ether oxygens (including phenoxy) is 1. The van der Waals surface area contributed by atoms with E-state index in [0.717, 1.165) is 58.2 Å². The molecule has 3 heterocycles. The normalized spacial score (nSPS) is 29.7. The van der Waals surface area contributed by atoms with Gasteiger partial charge in [0.25, 0.3) is 0 Å². The molecule has 3 rings (SSSR count). The third-order valence-corrected chi connectivity index (χ3v) is 6.19. The topological polar surface area (TPSA) is 60.4 Å². The lowest BCUT2D eigenvalue weighted by molar-refractivity contribution is -0.127. The van der Waals surface area contributed by atoms with E-state index in [1.165, 1.54) is 19.4 Å². The Morgan fingerprint density at radius 1 is 1.35 bits per heavy atom. The van der Waals surface area contributed by atoms with E-state index in [4.69, 9.17) is 4.74 Å². The zero-order valence-electron chi connectivity index (χ0n) is 16.7. The standard InChI is InChI=1S/C19H35N5O2/c1-4-23-9-5-6-16(23)12-20-18(21-13-17(25)22(2)3)24-10-7-19(14-24)8-11-26-15-19/h16H,4-15H2,1-3H3,(H,20,21). The summed E-state index contributed by atoms with van der Waals surface area (Å²) < 4.78 is 5.66. The van der Waals surface area contributed by atoms with Crippen LogP contribution in [0.4, 0.5) is 0 Å². The Balaban J connectivity index is 1.63. The Hall–Kier alpha value is -1.34. The molecule has 1 amide bonds. The summed E-state index contributed by atoms with van der Waals surface area (Å²) in [5, 5.41) is 3.59. The summed E-state index contributed by atoms with van der Waals surface area (Å²) in [6, 6.07) is 0.570. The first-order chi connectivity index (χ1) is 12.5. The number of aliphatic imine (C=N–C) groups is 1. The summed E-state index contributed by atoms with van der Waals surface area (Å²) in [7, 11) is 3.56. The molecule has 1 N–H and O–H groups in total. The van der Waals surface area contributed by atoms with E-state index >= 15 is 0 Å². The Bertz CT molecular complexity index is 516. The lowest BCUT2D eigenvalue weighted by Crippen LogP contribution is -2.47. The fraction of sp³-hybridized carbons (Fsp3) is 0.895. The predicted octanol–water partition coefficient (Wildman–Crippen LogP) is 0.617. The van der Waals surface area contributed by atoms with Crippen molar-refractivity contribution >= 4 is 11.9 Å². The minimum Gasteiger partial charge on any atom is -0.381 e. The van der Waals surface area contributed by atoms with Crippen LogP contribution in [0.3, 0.4) is 0 Å². The fourth-order valence-electron chi connectivity index (χ4n) is 4.39. The van der Waals surface area contributed by atoms with Gasteiger partial charge in [0.05, 0.1) is 6.61 Å². The first-order valence-corrected chi connectivity index (χ1v) is 10.1. The van der Waals surface area contributed by atoms with Gasteiger partial charge in [0.2, 0.25) is 5.91 Å². The monoisotopic (exact) mass is 365 g/mol. The second-order valence-electron chi connectivity index (χ2n) is 8.21. The lowest BCUT2D eigenvalue weighted by Gasteiger charge is -2.28. The molecule has 2 atom stereocenters. The van der Waals surface area contributed by atoms with Crippen molar-refractivity contribution in [1.82, 2.24) is 20.0 Å². The number of rotatable bonds is 5. The average Bonchev–Trinajstić information content (AvgIpc) is 3.37. The molecule has 148 valence electrons. The van der Waals surface area contributed by atoms with Crippen LogP contribution in [0.5, 0.6) is 0 Å². The van der Waals surface area contributed by atoms with Gasteiger partial charge < -0.3 is 19.9 Å². The number of likely N-dealkylation sites (tertiary alicyclic amines) is 2. The molecule has 0 bridgehead atoms. The third kappa shape index (κ3) is 4.49. The zero-order valence-corrected chi connectivity index (χ0v) is 16.7. The van der Waals surface area contributed by atoms with Crippen molar-refractivity contribution in [2.45, 2.75) is 38.6 Å². The zero-order chi connectivity index (χ0) is 18.6. The van der Waals surface area contributed by atoms with Gasteiger partial charge in [0.1, 0.15) is 6.54 Å². The van der Waals surface area contributed by atoms with Crippen LogP contribution in [0.25, 0.3) is 0 Å².